The maximum Gasteiger partial charge on any atom is 0.234 e. The number of morpholine rings is 1. The highest BCUT2D eigenvalue weighted by Crippen LogP contribution is 2.40. The molecule has 0 aliphatic carbocycles. The number of nitrogens with zero attached hydrogens (tertiary/aromatic N) is 4. The van der Waals surface area contributed by atoms with Gasteiger partial charge < -0.3 is 19.1 Å². The van der Waals surface area contributed by atoms with Crippen molar-refractivity contribution in [3.63, 3.8) is 0 Å². The van der Waals surface area contributed by atoms with Gasteiger partial charge in [-0.3, -0.25) is 19.4 Å². The first-order chi connectivity index (χ1) is 18.0. The van der Waals surface area contributed by atoms with Crippen molar-refractivity contribution in [2.45, 2.75) is 6.42 Å². The summed E-state index contributed by atoms with van der Waals surface area (Å²) in [6.07, 6.45) is 0.0851. The Kier molecular flexibility index (Phi) is 7.54. The highest BCUT2D eigenvalue weighted by atomic mass is 32.1. The number of thiazole rings is 1. The molecule has 2 aliphatic rings. The fourth-order valence-electron chi connectivity index (χ4n) is 4.72. The van der Waals surface area contributed by atoms with Gasteiger partial charge in [0.05, 0.1) is 33.4 Å². The van der Waals surface area contributed by atoms with Gasteiger partial charge in [-0.15, -0.1) is 0 Å². The zero-order valence-corrected chi connectivity index (χ0v) is 21.6. The summed E-state index contributed by atoms with van der Waals surface area (Å²) < 4.78 is 30.7. The van der Waals surface area contributed by atoms with Crippen LogP contribution in [0.1, 0.15) is 6.42 Å². The smallest absolute Gasteiger partial charge is 0.234 e. The van der Waals surface area contributed by atoms with Crippen LogP contribution in [0.3, 0.4) is 0 Å². The third-order valence-corrected chi connectivity index (χ3v) is 7.84. The second kappa shape index (κ2) is 11.0. The highest BCUT2D eigenvalue weighted by Gasteiger charge is 2.38. The normalized spacial score (nSPS) is 18.4. The van der Waals surface area contributed by atoms with Crippen molar-refractivity contribution >= 4 is 44.2 Å². The minimum atomic E-state index is -0.543. The van der Waals surface area contributed by atoms with Crippen molar-refractivity contribution in [1.29, 1.82) is 0 Å². The van der Waals surface area contributed by atoms with Gasteiger partial charge in [-0.25, -0.2) is 9.37 Å². The van der Waals surface area contributed by atoms with Gasteiger partial charge >= 0.3 is 0 Å². The molecule has 0 radical (unpaired) electrons. The average Bonchev–Trinajstić information content (AvgIpc) is 3.53. The van der Waals surface area contributed by atoms with Crippen LogP contribution in [0.2, 0.25) is 0 Å². The predicted octanol–water partition coefficient (Wildman–Crippen LogP) is 3.17. The Bertz CT molecular complexity index is 1240. The molecule has 5 rings (SSSR count). The van der Waals surface area contributed by atoms with Crippen molar-refractivity contribution < 1.29 is 28.2 Å². The van der Waals surface area contributed by atoms with Gasteiger partial charge in [0, 0.05) is 44.8 Å². The van der Waals surface area contributed by atoms with Crippen LogP contribution in [0.15, 0.2) is 36.4 Å². The van der Waals surface area contributed by atoms with Crippen molar-refractivity contribution in [3.8, 4) is 11.5 Å². The Morgan fingerprint density at radius 3 is 2.54 bits per heavy atom. The molecule has 0 N–H and O–H groups in total. The lowest BCUT2D eigenvalue weighted by atomic mass is 10.1. The van der Waals surface area contributed by atoms with Gasteiger partial charge in [-0.1, -0.05) is 11.3 Å². The van der Waals surface area contributed by atoms with Crippen LogP contribution in [0.25, 0.3) is 10.2 Å². The van der Waals surface area contributed by atoms with Gasteiger partial charge in [-0.2, -0.15) is 0 Å². The zero-order valence-electron chi connectivity index (χ0n) is 20.8. The lowest BCUT2D eigenvalue weighted by Crippen LogP contribution is -2.45. The topological polar surface area (TPSA) is 84.4 Å². The summed E-state index contributed by atoms with van der Waals surface area (Å²) in [7, 11) is 3.17. The standard InChI is InChI=1S/C26H29FN4O5S/c1-34-20-7-8-21(35-2)24-23(20)28-26(37-24)30(10-9-29-11-13-36-14-12-29)25(33)17-15-22(32)31(16-17)19-5-3-18(27)4-6-19/h3-8,17H,9-16H2,1-2H3. The third-order valence-electron chi connectivity index (χ3n) is 6.75. The van der Waals surface area contributed by atoms with E-state index < -0.39 is 5.92 Å². The molecular weight excluding hydrogens is 499 g/mol. The molecule has 1 aromatic heterocycles. The minimum Gasteiger partial charge on any atom is -0.495 e. The predicted molar refractivity (Wildman–Crippen MR) is 139 cm³/mol. The van der Waals surface area contributed by atoms with Crippen molar-refractivity contribution in [3.05, 3.63) is 42.2 Å². The largest absolute Gasteiger partial charge is 0.495 e. The molecule has 2 fully saturated rings. The molecule has 11 heteroatoms. The Balaban J connectivity index is 1.44. The van der Waals surface area contributed by atoms with Crippen LogP contribution in [0.5, 0.6) is 11.5 Å². The van der Waals surface area contributed by atoms with E-state index in [4.69, 9.17) is 19.2 Å². The molecule has 3 aromatic rings. The number of halogens is 1. The lowest BCUT2D eigenvalue weighted by molar-refractivity contribution is -0.124. The molecule has 2 amide bonds. The Labute approximate surface area is 218 Å². The number of anilines is 2. The molecule has 0 spiro atoms. The maximum absolute atomic E-state index is 13.9. The van der Waals surface area contributed by atoms with E-state index in [2.05, 4.69) is 4.90 Å². The molecule has 1 unspecified atom stereocenters. The molecule has 1 atom stereocenters. The Morgan fingerprint density at radius 2 is 1.84 bits per heavy atom. The molecule has 2 saturated heterocycles. The minimum absolute atomic E-state index is 0.0851. The summed E-state index contributed by atoms with van der Waals surface area (Å²) in [4.78, 5) is 37.0. The fourth-order valence-corrected chi connectivity index (χ4v) is 5.83. The molecule has 9 nitrogen and oxygen atoms in total. The molecule has 0 saturated carbocycles. The molecular formula is C26H29FN4O5S. The number of amides is 2. The first kappa shape index (κ1) is 25.4. The van der Waals surface area contributed by atoms with Gasteiger partial charge in [0.1, 0.15) is 27.5 Å². The summed E-state index contributed by atoms with van der Waals surface area (Å²) in [6.45, 7) is 4.22. The van der Waals surface area contributed by atoms with E-state index in [0.29, 0.717) is 54.1 Å². The number of methoxy groups -OCH3 is 2. The Morgan fingerprint density at radius 1 is 1.14 bits per heavy atom. The number of benzene rings is 2. The van der Waals surface area contributed by atoms with Crippen LogP contribution >= 0.6 is 11.3 Å². The number of hydrogen-bond acceptors (Lipinski definition) is 8. The number of carbonyl (C=O) groups excluding carboxylic acids is 2. The summed E-state index contributed by atoms with van der Waals surface area (Å²) in [6, 6.07) is 9.35. The Hall–Kier alpha value is -3.28. The number of fused-ring (bicyclic) bond motifs is 1. The van der Waals surface area contributed by atoms with Crippen molar-refractivity contribution in [1.82, 2.24) is 9.88 Å². The fraction of sp³-hybridized carbons (Fsp3) is 0.423. The second-order valence-corrected chi connectivity index (χ2v) is 9.95. The quantitative estimate of drug-likeness (QED) is 0.444. The average molecular weight is 529 g/mol. The van der Waals surface area contributed by atoms with Crippen LogP contribution in [0.4, 0.5) is 15.2 Å². The molecule has 0 bridgehead atoms. The first-order valence-corrected chi connectivity index (χ1v) is 13.0. The van der Waals surface area contributed by atoms with Crippen LogP contribution in [0, 0.1) is 11.7 Å². The zero-order chi connectivity index (χ0) is 25.9. The summed E-state index contributed by atoms with van der Waals surface area (Å²) >= 11 is 1.36. The van der Waals surface area contributed by atoms with E-state index in [9.17, 15) is 14.0 Å². The maximum atomic E-state index is 13.9. The number of rotatable bonds is 8. The second-order valence-electron chi connectivity index (χ2n) is 8.97. The van der Waals surface area contributed by atoms with Gasteiger partial charge in [-0.05, 0) is 36.4 Å². The molecule has 2 aromatic carbocycles. The lowest BCUT2D eigenvalue weighted by Gasteiger charge is -2.30. The molecule has 37 heavy (non-hydrogen) atoms. The number of aromatic nitrogens is 1. The number of hydrogen-bond donors (Lipinski definition) is 0. The molecule has 2 aliphatic heterocycles. The SMILES string of the molecule is COc1ccc(OC)c2sc(N(CCN3CCOCC3)C(=O)C3CC(=O)N(c4ccc(F)cc4)C3)nc12. The van der Waals surface area contributed by atoms with Crippen molar-refractivity contribution in [2.24, 2.45) is 5.92 Å². The van der Waals surface area contributed by atoms with Crippen molar-refractivity contribution in [2.75, 3.05) is 70.0 Å². The summed E-state index contributed by atoms with van der Waals surface area (Å²) in [5, 5.41) is 0.531. The number of ether oxygens (including phenoxy) is 3. The summed E-state index contributed by atoms with van der Waals surface area (Å²) in [5.74, 6) is 0.00190. The molecule has 3 heterocycles. The first-order valence-electron chi connectivity index (χ1n) is 12.2. The highest BCUT2D eigenvalue weighted by molar-refractivity contribution is 7.22. The van der Waals surface area contributed by atoms with E-state index in [1.165, 1.54) is 23.5 Å². The van der Waals surface area contributed by atoms with E-state index in [1.807, 2.05) is 6.07 Å². The van der Waals surface area contributed by atoms with E-state index in [-0.39, 0.29) is 30.6 Å². The van der Waals surface area contributed by atoms with E-state index >= 15 is 0 Å². The number of carbonyl (C=O) groups is 2. The van der Waals surface area contributed by atoms with Gasteiger partial charge in [0.15, 0.2) is 5.13 Å². The third kappa shape index (κ3) is 5.25. The van der Waals surface area contributed by atoms with E-state index in [0.717, 1.165) is 17.8 Å². The van der Waals surface area contributed by atoms with Crippen LogP contribution in [-0.2, 0) is 14.3 Å². The van der Waals surface area contributed by atoms with Crippen LogP contribution < -0.4 is 19.3 Å². The van der Waals surface area contributed by atoms with Gasteiger partial charge in [0.25, 0.3) is 0 Å². The molecule has 196 valence electrons. The van der Waals surface area contributed by atoms with E-state index in [1.54, 1.807) is 42.2 Å². The van der Waals surface area contributed by atoms with Gasteiger partial charge in [0.2, 0.25) is 11.8 Å². The van der Waals surface area contributed by atoms with Crippen LogP contribution in [-0.4, -0.2) is 81.9 Å². The monoisotopic (exact) mass is 528 g/mol. The summed E-state index contributed by atoms with van der Waals surface area (Å²) in [5.41, 5.74) is 1.21.